The van der Waals surface area contributed by atoms with Crippen molar-refractivity contribution in [3.05, 3.63) is 35.7 Å². The maximum absolute atomic E-state index is 12.4. The van der Waals surface area contributed by atoms with Crippen LogP contribution in [-0.4, -0.2) is 21.8 Å². The van der Waals surface area contributed by atoms with E-state index in [4.69, 9.17) is 5.73 Å². The molecule has 0 radical (unpaired) electrons. The lowest BCUT2D eigenvalue weighted by atomic mass is 9.92. The van der Waals surface area contributed by atoms with Crippen LogP contribution < -0.4 is 5.73 Å². The van der Waals surface area contributed by atoms with Gasteiger partial charge in [-0.2, -0.15) is 18.2 Å². The number of carbonyl (C=O) groups is 2. The highest BCUT2D eigenvalue weighted by Gasteiger charge is 2.38. The average Bonchev–Trinajstić information content (AvgIpc) is 2.94. The number of halogens is 3. The van der Waals surface area contributed by atoms with Gasteiger partial charge in [-0.25, -0.2) is 0 Å². The van der Waals surface area contributed by atoms with Gasteiger partial charge in [0.1, 0.15) is 5.78 Å². The molecule has 0 aliphatic heterocycles. The lowest BCUT2D eigenvalue weighted by molar-refractivity contribution is -0.159. The molecule has 0 bridgehead atoms. The highest BCUT2D eigenvalue weighted by molar-refractivity contribution is 5.88. The zero-order valence-corrected chi connectivity index (χ0v) is 11.9. The van der Waals surface area contributed by atoms with Crippen molar-refractivity contribution in [3.8, 4) is 11.4 Å². The number of ketones is 1. The van der Waals surface area contributed by atoms with Crippen LogP contribution in [0.25, 0.3) is 11.4 Å². The Morgan fingerprint density at radius 1 is 1.26 bits per heavy atom. The fraction of sp³-hybridized carbons (Fsp3) is 0.286. The number of nitrogens with zero attached hydrogens (tertiary/aromatic N) is 2. The minimum absolute atomic E-state index is 0.0465. The Morgan fingerprint density at radius 2 is 1.87 bits per heavy atom. The second kappa shape index (κ2) is 6.19. The van der Waals surface area contributed by atoms with Crippen LogP contribution in [0.3, 0.4) is 0 Å². The third-order valence-electron chi connectivity index (χ3n) is 3.07. The van der Waals surface area contributed by atoms with Crippen molar-refractivity contribution in [2.75, 3.05) is 0 Å². The predicted octanol–water partition coefficient (Wildman–Crippen LogP) is 2.30. The quantitative estimate of drug-likeness (QED) is 0.908. The molecule has 1 unspecified atom stereocenters. The van der Waals surface area contributed by atoms with Crippen molar-refractivity contribution in [2.24, 2.45) is 5.73 Å². The van der Waals surface area contributed by atoms with E-state index in [1.807, 2.05) is 0 Å². The molecule has 1 atom stereocenters. The van der Waals surface area contributed by atoms with Crippen molar-refractivity contribution < 1.29 is 27.3 Å². The Kier molecular flexibility index (Phi) is 4.48. The summed E-state index contributed by atoms with van der Waals surface area (Å²) in [7, 11) is 0. The number of hydrogen-bond acceptors (Lipinski definition) is 5. The molecule has 0 fully saturated rings. The molecule has 2 aromatic rings. The van der Waals surface area contributed by atoms with E-state index in [-0.39, 0.29) is 23.6 Å². The summed E-state index contributed by atoms with van der Waals surface area (Å²) in [5.41, 5.74) is 6.02. The van der Waals surface area contributed by atoms with Crippen LogP contribution in [0, 0.1) is 0 Å². The molecule has 1 aromatic carbocycles. The molecule has 1 heterocycles. The molecule has 0 saturated carbocycles. The summed E-state index contributed by atoms with van der Waals surface area (Å²) in [5.74, 6) is -3.33. The number of carbonyl (C=O) groups excluding carboxylic acids is 2. The summed E-state index contributed by atoms with van der Waals surface area (Å²) in [5, 5.41) is 3.26. The molecule has 0 aliphatic rings. The zero-order chi connectivity index (χ0) is 17.2. The lowest BCUT2D eigenvalue weighted by Gasteiger charge is -2.12. The second-order valence-electron chi connectivity index (χ2n) is 4.90. The number of Topliss-reactive ketones (excluding diaryl/α,β-unsaturated/α-hetero) is 1. The van der Waals surface area contributed by atoms with Gasteiger partial charge in [0.25, 0.3) is 0 Å². The molecule has 122 valence electrons. The molecule has 2 rings (SSSR count). The van der Waals surface area contributed by atoms with Gasteiger partial charge in [-0.05, 0) is 12.5 Å². The first-order valence-electron chi connectivity index (χ1n) is 6.48. The number of benzene rings is 1. The maximum Gasteiger partial charge on any atom is 0.471 e. The Bertz CT molecular complexity index is 723. The molecular formula is C14H12F3N3O3. The first-order valence-corrected chi connectivity index (χ1v) is 6.48. The number of amides is 1. The van der Waals surface area contributed by atoms with E-state index in [1.54, 1.807) is 0 Å². The molecule has 0 spiro atoms. The minimum atomic E-state index is -4.72. The Hall–Kier alpha value is -2.71. The minimum Gasteiger partial charge on any atom is -0.369 e. The van der Waals surface area contributed by atoms with Gasteiger partial charge in [0, 0.05) is 12.0 Å². The largest absolute Gasteiger partial charge is 0.471 e. The number of primary amides is 1. The van der Waals surface area contributed by atoms with Crippen LogP contribution >= 0.6 is 0 Å². The highest BCUT2D eigenvalue weighted by atomic mass is 19.4. The third kappa shape index (κ3) is 3.93. The van der Waals surface area contributed by atoms with Gasteiger partial charge in [0.15, 0.2) is 0 Å². The van der Waals surface area contributed by atoms with Crippen LogP contribution in [0.4, 0.5) is 13.2 Å². The summed E-state index contributed by atoms with van der Waals surface area (Å²) in [6.07, 6.45) is -4.77. The predicted molar refractivity (Wildman–Crippen MR) is 72.0 cm³/mol. The van der Waals surface area contributed by atoms with Crippen LogP contribution in [0.1, 0.15) is 30.7 Å². The van der Waals surface area contributed by atoms with Crippen molar-refractivity contribution in [3.63, 3.8) is 0 Å². The molecule has 23 heavy (non-hydrogen) atoms. The highest BCUT2D eigenvalue weighted by Crippen LogP contribution is 2.30. The number of rotatable bonds is 5. The molecule has 6 nitrogen and oxygen atoms in total. The molecule has 9 heteroatoms. The topological polar surface area (TPSA) is 99.1 Å². The second-order valence-corrected chi connectivity index (χ2v) is 4.90. The lowest BCUT2D eigenvalue weighted by Crippen LogP contribution is -2.23. The Labute approximate surface area is 128 Å². The Morgan fingerprint density at radius 3 is 2.30 bits per heavy atom. The smallest absolute Gasteiger partial charge is 0.369 e. The normalized spacial score (nSPS) is 12.9. The summed E-state index contributed by atoms with van der Waals surface area (Å²) < 4.78 is 41.4. The molecule has 1 aromatic heterocycles. The summed E-state index contributed by atoms with van der Waals surface area (Å²) in [4.78, 5) is 25.8. The van der Waals surface area contributed by atoms with E-state index < -0.39 is 23.9 Å². The van der Waals surface area contributed by atoms with Gasteiger partial charge in [0.05, 0.1) is 5.92 Å². The van der Waals surface area contributed by atoms with Crippen LogP contribution in [0.2, 0.25) is 0 Å². The maximum atomic E-state index is 12.4. The van der Waals surface area contributed by atoms with E-state index in [2.05, 4.69) is 14.7 Å². The van der Waals surface area contributed by atoms with Gasteiger partial charge in [-0.3, -0.25) is 9.59 Å². The average molecular weight is 327 g/mol. The molecule has 0 aliphatic carbocycles. The zero-order valence-electron chi connectivity index (χ0n) is 11.9. The number of nitrogens with two attached hydrogens (primary N) is 1. The van der Waals surface area contributed by atoms with Crippen LogP contribution in [0.5, 0.6) is 0 Å². The standard InChI is InChI=1S/C14H12F3N3O3/c1-7(21)6-10(11(18)22)8-2-4-9(5-3-8)12-19-13(23-20-12)14(15,16)17/h2-5,10H,6H2,1H3,(H2,18,22). The molecule has 0 saturated heterocycles. The van der Waals surface area contributed by atoms with Crippen molar-refractivity contribution in [1.82, 2.24) is 10.1 Å². The van der Waals surface area contributed by atoms with E-state index in [9.17, 15) is 22.8 Å². The molecular weight excluding hydrogens is 315 g/mol. The first-order chi connectivity index (χ1) is 10.7. The summed E-state index contributed by atoms with van der Waals surface area (Å²) in [6, 6.07) is 5.82. The summed E-state index contributed by atoms with van der Waals surface area (Å²) in [6.45, 7) is 1.34. The van der Waals surface area contributed by atoms with Crippen molar-refractivity contribution in [2.45, 2.75) is 25.4 Å². The number of alkyl halides is 3. The van der Waals surface area contributed by atoms with Gasteiger partial charge >= 0.3 is 12.1 Å². The monoisotopic (exact) mass is 327 g/mol. The Balaban J connectivity index is 2.26. The van der Waals surface area contributed by atoms with Gasteiger partial charge in [0.2, 0.25) is 11.7 Å². The van der Waals surface area contributed by atoms with E-state index in [0.29, 0.717) is 5.56 Å². The SMILES string of the molecule is CC(=O)CC(C(N)=O)c1ccc(-c2noc(C(F)(F)F)n2)cc1. The van der Waals surface area contributed by atoms with Crippen LogP contribution in [-0.2, 0) is 15.8 Å². The van der Waals surface area contributed by atoms with Gasteiger partial charge in [-0.15, -0.1) is 0 Å². The van der Waals surface area contributed by atoms with Crippen LogP contribution in [0.15, 0.2) is 28.8 Å². The summed E-state index contributed by atoms with van der Waals surface area (Å²) >= 11 is 0. The van der Waals surface area contributed by atoms with E-state index >= 15 is 0 Å². The third-order valence-corrected chi connectivity index (χ3v) is 3.07. The van der Waals surface area contributed by atoms with E-state index in [1.165, 1.54) is 31.2 Å². The first kappa shape index (κ1) is 16.7. The van der Waals surface area contributed by atoms with E-state index in [0.717, 1.165) is 0 Å². The van der Waals surface area contributed by atoms with Gasteiger partial charge < -0.3 is 10.3 Å². The fourth-order valence-corrected chi connectivity index (χ4v) is 1.99. The van der Waals surface area contributed by atoms with Crippen molar-refractivity contribution >= 4 is 11.7 Å². The van der Waals surface area contributed by atoms with Gasteiger partial charge in [-0.1, -0.05) is 29.4 Å². The molecule has 1 amide bonds. The van der Waals surface area contributed by atoms with Crippen molar-refractivity contribution in [1.29, 1.82) is 0 Å². The number of aromatic nitrogens is 2. The number of hydrogen-bond donors (Lipinski definition) is 1. The fourth-order valence-electron chi connectivity index (χ4n) is 1.99. The molecule has 2 N–H and O–H groups in total.